The first-order chi connectivity index (χ1) is 7.09. The number of amides is 3. The van der Waals surface area contributed by atoms with E-state index in [0.717, 1.165) is 0 Å². The topological polar surface area (TPSA) is 101 Å². The van der Waals surface area contributed by atoms with E-state index >= 15 is 0 Å². The number of carbonyl (C=O) groups is 3. The quantitative estimate of drug-likeness (QED) is 0.484. The van der Waals surface area contributed by atoms with E-state index in [2.05, 4.69) is 10.6 Å². The highest BCUT2D eigenvalue weighted by atomic mass is 16.2. The molecule has 0 aliphatic carbocycles. The molecule has 6 heteroatoms. The maximum absolute atomic E-state index is 11.4. The Morgan fingerprint density at radius 2 is 2.27 bits per heavy atom. The van der Waals surface area contributed by atoms with Crippen molar-refractivity contribution in [3.63, 3.8) is 0 Å². The van der Waals surface area contributed by atoms with E-state index in [4.69, 9.17) is 5.73 Å². The van der Waals surface area contributed by atoms with Gasteiger partial charge in [-0.05, 0) is 6.42 Å². The fraction of sp³-hybridized carbons (Fsp3) is 0.667. The summed E-state index contributed by atoms with van der Waals surface area (Å²) in [6.07, 6.45) is 1.05. The van der Waals surface area contributed by atoms with E-state index < -0.39 is 0 Å². The minimum atomic E-state index is -0.373. The number of nitrogens with two attached hydrogens (primary N) is 1. The van der Waals surface area contributed by atoms with Crippen LogP contribution in [-0.4, -0.2) is 30.8 Å². The van der Waals surface area contributed by atoms with Crippen LogP contribution in [0.2, 0.25) is 0 Å². The lowest BCUT2D eigenvalue weighted by molar-refractivity contribution is -0.126. The van der Waals surface area contributed by atoms with Crippen molar-refractivity contribution in [2.24, 2.45) is 11.7 Å². The molecule has 1 aliphatic rings. The van der Waals surface area contributed by atoms with Crippen LogP contribution in [0.3, 0.4) is 0 Å². The number of rotatable bonds is 5. The van der Waals surface area contributed by atoms with Gasteiger partial charge < -0.3 is 16.4 Å². The molecule has 0 aromatic heterocycles. The van der Waals surface area contributed by atoms with Gasteiger partial charge in [-0.3, -0.25) is 14.4 Å². The third-order valence-electron chi connectivity index (χ3n) is 2.25. The van der Waals surface area contributed by atoms with E-state index in [9.17, 15) is 14.4 Å². The van der Waals surface area contributed by atoms with Gasteiger partial charge in [0.15, 0.2) is 0 Å². The van der Waals surface area contributed by atoms with Gasteiger partial charge in [0.1, 0.15) is 0 Å². The highest BCUT2D eigenvalue weighted by Crippen LogP contribution is 2.08. The van der Waals surface area contributed by atoms with Gasteiger partial charge in [0.05, 0.1) is 5.92 Å². The summed E-state index contributed by atoms with van der Waals surface area (Å²) < 4.78 is 0. The summed E-state index contributed by atoms with van der Waals surface area (Å²) in [5.74, 6) is -0.877. The van der Waals surface area contributed by atoms with Gasteiger partial charge >= 0.3 is 0 Å². The molecule has 0 spiro atoms. The Kier molecular flexibility index (Phi) is 4.08. The van der Waals surface area contributed by atoms with Crippen molar-refractivity contribution >= 4 is 17.7 Å². The van der Waals surface area contributed by atoms with Gasteiger partial charge in [0.2, 0.25) is 17.7 Å². The summed E-state index contributed by atoms with van der Waals surface area (Å²) in [4.78, 5) is 32.6. The van der Waals surface area contributed by atoms with E-state index in [0.29, 0.717) is 19.5 Å². The molecule has 1 rings (SSSR count). The molecule has 0 radical (unpaired) electrons. The smallest absolute Gasteiger partial charge is 0.225 e. The van der Waals surface area contributed by atoms with Crippen LogP contribution in [0.15, 0.2) is 0 Å². The van der Waals surface area contributed by atoms with Crippen LogP contribution in [0, 0.1) is 5.92 Å². The first-order valence-electron chi connectivity index (χ1n) is 4.92. The number of nitrogens with one attached hydrogen (secondary N) is 2. The lowest BCUT2D eigenvalue weighted by atomic mass is 10.1. The molecule has 1 saturated heterocycles. The highest BCUT2D eigenvalue weighted by Gasteiger charge is 2.27. The van der Waals surface area contributed by atoms with Crippen molar-refractivity contribution < 1.29 is 14.4 Å². The van der Waals surface area contributed by atoms with Crippen molar-refractivity contribution in [2.45, 2.75) is 19.3 Å². The van der Waals surface area contributed by atoms with Crippen LogP contribution in [-0.2, 0) is 14.4 Å². The molecule has 1 atom stereocenters. The highest BCUT2D eigenvalue weighted by molar-refractivity contribution is 5.89. The maximum atomic E-state index is 11.4. The van der Waals surface area contributed by atoms with E-state index in [1.54, 1.807) is 0 Å². The van der Waals surface area contributed by atoms with Gasteiger partial charge in [-0.2, -0.15) is 0 Å². The Hall–Kier alpha value is -1.59. The monoisotopic (exact) mass is 213 g/mol. The van der Waals surface area contributed by atoms with Crippen LogP contribution >= 0.6 is 0 Å². The summed E-state index contributed by atoms with van der Waals surface area (Å²) in [6, 6.07) is 0. The molecule has 4 N–H and O–H groups in total. The summed E-state index contributed by atoms with van der Waals surface area (Å²) in [5, 5.41) is 5.25. The average molecular weight is 213 g/mol. The third-order valence-corrected chi connectivity index (χ3v) is 2.25. The molecule has 0 aromatic rings. The normalized spacial score (nSPS) is 19.7. The maximum Gasteiger partial charge on any atom is 0.225 e. The molecular weight excluding hydrogens is 198 g/mol. The molecule has 1 unspecified atom stereocenters. The summed E-state index contributed by atoms with van der Waals surface area (Å²) in [6.45, 7) is 0.826. The van der Waals surface area contributed by atoms with Gasteiger partial charge in [-0.25, -0.2) is 0 Å². The van der Waals surface area contributed by atoms with Crippen molar-refractivity contribution in [3.8, 4) is 0 Å². The molecule has 84 valence electrons. The van der Waals surface area contributed by atoms with Gasteiger partial charge in [0, 0.05) is 25.9 Å². The Morgan fingerprint density at radius 3 is 2.80 bits per heavy atom. The minimum Gasteiger partial charge on any atom is -0.370 e. The Bertz CT molecular complexity index is 278. The SMILES string of the molecule is NC(=O)CCCNC(=O)C1CNC(=O)C1. The second kappa shape index (κ2) is 5.33. The summed E-state index contributed by atoms with van der Waals surface area (Å²) in [7, 11) is 0. The van der Waals surface area contributed by atoms with Crippen LogP contribution in [0.25, 0.3) is 0 Å². The number of hydrogen-bond donors (Lipinski definition) is 3. The van der Waals surface area contributed by atoms with Crippen LogP contribution < -0.4 is 16.4 Å². The van der Waals surface area contributed by atoms with Crippen molar-refractivity contribution in [2.75, 3.05) is 13.1 Å². The lowest BCUT2D eigenvalue weighted by Gasteiger charge is -2.07. The summed E-state index contributed by atoms with van der Waals surface area (Å²) >= 11 is 0. The zero-order valence-corrected chi connectivity index (χ0v) is 8.41. The molecule has 0 saturated carbocycles. The van der Waals surface area contributed by atoms with E-state index in [-0.39, 0.29) is 36.5 Å². The minimum absolute atomic E-state index is 0.0905. The predicted molar refractivity (Wildman–Crippen MR) is 52.6 cm³/mol. The molecule has 1 heterocycles. The molecule has 1 fully saturated rings. The van der Waals surface area contributed by atoms with Crippen molar-refractivity contribution in [1.82, 2.24) is 10.6 Å². The molecule has 6 nitrogen and oxygen atoms in total. The number of carbonyl (C=O) groups excluding carboxylic acids is 3. The fourth-order valence-electron chi connectivity index (χ4n) is 1.41. The molecule has 1 aliphatic heterocycles. The molecule has 15 heavy (non-hydrogen) atoms. The lowest BCUT2D eigenvalue weighted by Crippen LogP contribution is -2.32. The van der Waals surface area contributed by atoms with Gasteiger partial charge in [-0.15, -0.1) is 0 Å². The largest absolute Gasteiger partial charge is 0.370 e. The second-order valence-electron chi connectivity index (χ2n) is 3.57. The molecule has 0 bridgehead atoms. The van der Waals surface area contributed by atoms with Gasteiger partial charge in [-0.1, -0.05) is 0 Å². The Morgan fingerprint density at radius 1 is 1.53 bits per heavy atom. The average Bonchev–Trinajstić information content (AvgIpc) is 2.59. The Labute approximate surface area is 87.6 Å². The number of hydrogen-bond acceptors (Lipinski definition) is 3. The van der Waals surface area contributed by atoms with E-state index in [1.807, 2.05) is 0 Å². The third kappa shape index (κ3) is 3.97. The zero-order chi connectivity index (χ0) is 11.3. The zero-order valence-electron chi connectivity index (χ0n) is 8.41. The first kappa shape index (κ1) is 11.5. The summed E-state index contributed by atoms with van der Waals surface area (Å²) in [5.41, 5.74) is 4.94. The number of primary amides is 1. The predicted octanol–water partition coefficient (Wildman–Crippen LogP) is -1.50. The van der Waals surface area contributed by atoms with Crippen molar-refractivity contribution in [3.05, 3.63) is 0 Å². The molecular formula is C9H15N3O3. The van der Waals surface area contributed by atoms with Crippen molar-refractivity contribution in [1.29, 1.82) is 0 Å². The Balaban J connectivity index is 2.13. The van der Waals surface area contributed by atoms with E-state index in [1.165, 1.54) is 0 Å². The first-order valence-corrected chi connectivity index (χ1v) is 4.92. The molecule has 3 amide bonds. The molecule has 0 aromatic carbocycles. The van der Waals surface area contributed by atoms with Crippen LogP contribution in [0.1, 0.15) is 19.3 Å². The second-order valence-corrected chi connectivity index (χ2v) is 3.57. The van der Waals surface area contributed by atoms with Crippen LogP contribution in [0.4, 0.5) is 0 Å². The fourth-order valence-corrected chi connectivity index (χ4v) is 1.41. The standard InChI is InChI=1S/C9H15N3O3/c10-7(13)2-1-3-11-9(15)6-4-8(14)12-5-6/h6H,1-5H2,(H2,10,13)(H,11,15)(H,12,14). The van der Waals surface area contributed by atoms with Gasteiger partial charge in [0.25, 0.3) is 0 Å². The van der Waals surface area contributed by atoms with Crippen LogP contribution in [0.5, 0.6) is 0 Å².